The lowest BCUT2D eigenvalue weighted by molar-refractivity contribution is -0.115. The minimum absolute atomic E-state index is 0.0252. The Hall–Kier alpha value is -2.80. The molecule has 0 aliphatic heterocycles. The molecule has 7 nitrogen and oxygen atoms in total. The van der Waals surface area contributed by atoms with Crippen molar-refractivity contribution in [3.05, 3.63) is 36.4 Å². The Bertz CT molecular complexity index is 789. The van der Waals surface area contributed by atoms with Crippen molar-refractivity contribution in [2.24, 2.45) is 0 Å². The molecule has 0 spiro atoms. The number of ether oxygens (including phenoxy) is 1. The van der Waals surface area contributed by atoms with E-state index in [0.717, 1.165) is 5.39 Å². The lowest BCUT2D eigenvalue weighted by Gasteiger charge is -2.24. The number of aliphatic hydroxyl groups is 1. The number of rotatable bonds is 7. The number of anilines is 1. The van der Waals surface area contributed by atoms with Crippen LogP contribution in [0, 0.1) is 0 Å². The molecule has 0 saturated heterocycles. The number of nitrogens with one attached hydrogen (secondary N) is 2. The molecule has 0 fully saturated rings. The van der Waals surface area contributed by atoms with E-state index < -0.39 is 17.6 Å². The number of carbonyl (C=O) groups excluding carboxylic acids is 2. The number of fused-ring (bicyclic) bond motifs is 1. The van der Waals surface area contributed by atoms with E-state index in [1.165, 1.54) is 0 Å². The van der Waals surface area contributed by atoms with Crippen molar-refractivity contribution in [2.45, 2.75) is 32.3 Å². The van der Waals surface area contributed by atoms with Gasteiger partial charge >= 0.3 is 6.09 Å². The Morgan fingerprint density at radius 3 is 2.69 bits per heavy atom. The Morgan fingerprint density at radius 1 is 1.19 bits per heavy atom. The van der Waals surface area contributed by atoms with Crippen LogP contribution < -0.4 is 10.6 Å². The summed E-state index contributed by atoms with van der Waals surface area (Å²) < 4.78 is 5.25. The van der Waals surface area contributed by atoms with E-state index in [1.807, 2.05) is 6.07 Å². The van der Waals surface area contributed by atoms with Crippen LogP contribution in [0.3, 0.4) is 0 Å². The third-order valence-corrected chi connectivity index (χ3v) is 3.84. The summed E-state index contributed by atoms with van der Waals surface area (Å²) in [6.07, 6.45) is 0.343. The van der Waals surface area contributed by atoms with Gasteiger partial charge in [0.2, 0.25) is 5.91 Å². The van der Waals surface area contributed by atoms with Gasteiger partial charge in [-0.25, -0.2) is 4.79 Å². The first kappa shape index (κ1) is 19.5. The number of alkyl carbamates (subject to hydrolysis) is 1. The van der Waals surface area contributed by atoms with Crippen molar-refractivity contribution in [1.29, 1.82) is 0 Å². The van der Waals surface area contributed by atoms with E-state index in [4.69, 9.17) is 9.84 Å². The van der Waals surface area contributed by atoms with Crippen LogP contribution in [0.5, 0.6) is 5.75 Å². The minimum atomic E-state index is -0.726. The summed E-state index contributed by atoms with van der Waals surface area (Å²) in [5.74, 6) is -0.308. The number of aliphatic hydroxyl groups excluding tert-OH is 1. The maximum atomic E-state index is 12.1. The zero-order valence-electron chi connectivity index (χ0n) is 14.9. The molecule has 0 atom stereocenters. The molecule has 0 heterocycles. The number of aromatic hydroxyl groups is 1. The van der Waals surface area contributed by atoms with Crippen LogP contribution in [0.25, 0.3) is 10.8 Å². The molecule has 0 aliphatic carbocycles. The van der Waals surface area contributed by atoms with Crippen LogP contribution in [-0.4, -0.2) is 41.0 Å². The van der Waals surface area contributed by atoms with Crippen LogP contribution in [0.1, 0.15) is 26.7 Å². The van der Waals surface area contributed by atoms with Gasteiger partial charge in [0.25, 0.3) is 0 Å². The standard InChI is InChI=1S/C19H24N2O5/c1-19(2,9-4-10-22)26-18(25)20-12-17(24)21-16-6-3-5-13-7-8-14(23)11-15(13)16/h3,5-8,11,22-23H,4,9-10,12H2,1-2H3,(H,20,25)(H,21,24). The number of hydrogen-bond acceptors (Lipinski definition) is 5. The molecule has 140 valence electrons. The molecular formula is C19H24N2O5. The van der Waals surface area contributed by atoms with Gasteiger partial charge in [-0.1, -0.05) is 18.2 Å². The van der Waals surface area contributed by atoms with E-state index in [2.05, 4.69) is 10.6 Å². The molecule has 26 heavy (non-hydrogen) atoms. The number of phenols is 1. The Kier molecular flexibility index (Phi) is 6.41. The number of phenolic OH excluding ortho intramolecular Hbond substituents is 1. The third-order valence-electron chi connectivity index (χ3n) is 3.84. The van der Waals surface area contributed by atoms with Gasteiger partial charge in [0.05, 0.1) is 0 Å². The van der Waals surface area contributed by atoms with E-state index in [9.17, 15) is 14.7 Å². The van der Waals surface area contributed by atoms with E-state index in [1.54, 1.807) is 44.2 Å². The lowest BCUT2D eigenvalue weighted by Crippen LogP contribution is -2.38. The van der Waals surface area contributed by atoms with Gasteiger partial charge in [-0.15, -0.1) is 0 Å². The fraction of sp³-hybridized carbons (Fsp3) is 0.368. The molecule has 0 bridgehead atoms. The van der Waals surface area contributed by atoms with Gasteiger partial charge < -0.3 is 25.6 Å². The smallest absolute Gasteiger partial charge is 0.408 e. The third kappa shape index (κ3) is 5.63. The highest BCUT2D eigenvalue weighted by molar-refractivity contribution is 6.03. The molecule has 7 heteroatoms. The second kappa shape index (κ2) is 8.53. The Labute approximate surface area is 152 Å². The van der Waals surface area contributed by atoms with Gasteiger partial charge in [-0.05, 0) is 50.3 Å². The second-order valence-corrected chi connectivity index (χ2v) is 6.59. The highest BCUT2D eigenvalue weighted by Gasteiger charge is 2.22. The predicted molar refractivity (Wildman–Crippen MR) is 99.1 cm³/mol. The van der Waals surface area contributed by atoms with Gasteiger partial charge in [0.1, 0.15) is 17.9 Å². The average molecular weight is 360 g/mol. The molecule has 0 aromatic heterocycles. The molecule has 4 N–H and O–H groups in total. The molecular weight excluding hydrogens is 336 g/mol. The predicted octanol–water partition coefficient (Wildman–Crippen LogP) is 2.76. The van der Waals surface area contributed by atoms with Crippen molar-refractivity contribution in [3.63, 3.8) is 0 Å². The van der Waals surface area contributed by atoms with Crippen LogP contribution in [0.2, 0.25) is 0 Å². The number of hydrogen-bond donors (Lipinski definition) is 4. The van der Waals surface area contributed by atoms with Gasteiger partial charge in [-0.3, -0.25) is 4.79 Å². The summed E-state index contributed by atoms with van der Waals surface area (Å²) in [7, 11) is 0. The molecule has 2 rings (SSSR count). The van der Waals surface area contributed by atoms with E-state index >= 15 is 0 Å². The van der Waals surface area contributed by atoms with E-state index in [-0.39, 0.29) is 18.9 Å². The summed E-state index contributed by atoms with van der Waals surface area (Å²) in [6.45, 7) is 3.26. The number of benzene rings is 2. The summed E-state index contributed by atoms with van der Waals surface area (Å²) in [6, 6.07) is 10.3. The van der Waals surface area contributed by atoms with Crippen molar-refractivity contribution in [3.8, 4) is 5.75 Å². The van der Waals surface area contributed by atoms with Crippen molar-refractivity contribution >= 4 is 28.5 Å². The van der Waals surface area contributed by atoms with Gasteiger partial charge in [0.15, 0.2) is 0 Å². The number of carbonyl (C=O) groups is 2. The summed E-state index contributed by atoms with van der Waals surface area (Å²) in [5.41, 5.74) is -0.182. The fourth-order valence-corrected chi connectivity index (χ4v) is 2.56. The molecule has 2 amide bonds. The number of amides is 2. The highest BCUT2D eigenvalue weighted by atomic mass is 16.6. The first-order chi connectivity index (χ1) is 12.3. The van der Waals surface area contributed by atoms with Crippen LogP contribution in [0.4, 0.5) is 10.5 Å². The first-order valence-corrected chi connectivity index (χ1v) is 8.40. The Morgan fingerprint density at radius 2 is 1.96 bits per heavy atom. The van der Waals surface area contributed by atoms with Crippen LogP contribution in [-0.2, 0) is 9.53 Å². The second-order valence-electron chi connectivity index (χ2n) is 6.59. The van der Waals surface area contributed by atoms with E-state index in [0.29, 0.717) is 23.9 Å². The molecule has 0 aliphatic rings. The largest absolute Gasteiger partial charge is 0.508 e. The normalized spacial score (nSPS) is 11.2. The molecule has 0 unspecified atom stereocenters. The maximum absolute atomic E-state index is 12.1. The molecule has 0 saturated carbocycles. The van der Waals surface area contributed by atoms with Crippen molar-refractivity contribution in [2.75, 3.05) is 18.5 Å². The SMILES string of the molecule is CC(C)(CCCO)OC(=O)NCC(=O)Nc1cccc2ccc(O)cc12. The van der Waals surface area contributed by atoms with Crippen molar-refractivity contribution in [1.82, 2.24) is 5.32 Å². The monoisotopic (exact) mass is 360 g/mol. The fourth-order valence-electron chi connectivity index (χ4n) is 2.56. The summed E-state index contributed by atoms with van der Waals surface area (Å²) >= 11 is 0. The van der Waals surface area contributed by atoms with Gasteiger partial charge in [-0.2, -0.15) is 0 Å². The minimum Gasteiger partial charge on any atom is -0.508 e. The maximum Gasteiger partial charge on any atom is 0.408 e. The average Bonchev–Trinajstić information content (AvgIpc) is 2.58. The molecule has 2 aromatic rings. The molecule has 2 aromatic carbocycles. The zero-order valence-corrected chi connectivity index (χ0v) is 14.9. The highest BCUT2D eigenvalue weighted by Crippen LogP contribution is 2.26. The van der Waals surface area contributed by atoms with Crippen LogP contribution in [0.15, 0.2) is 36.4 Å². The molecule has 0 radical (unpaired) electrons. The summed E-state index contributed by atoms with van der Waals surface area (Å²) in [5, 5.41) is 25.2. The summed E-state index contributed by atoms with van der Waals surface area (Å²) in [4.78, 5) is 23.9. The lowest BCUT2D eigenvalue weighted by atomic mass is 10.0. The van der Waals surface area contributed by atoms with Crippen molar-refractivity contribution < 1.29 is 24.5 Å². The quantitative estimate of drug-likeness (QED) is 0.607. The Balaban J connectivity index is 1.91. The zero-order chi connectivity index (χ0) is 19.2. The topological polar surface area (TPSA) is 108 Å². The van der Waals surface area contributed by atoms with Crippen LogP contribution >= 0.6 is 0 Å². The first-order valence-electron chi connectivity index (χ1n) is 8.40. The van der Waals surface area contributed by atoms with Gasteiger partial charge in [0, 0.05) is 17.7 Å².